The Morgan fingerprint density at radius 3 is 2.71 bits per heavy atom. The molecule has 2 heterocycles. The number of aromatic nitrogens is 3. The zero-order valence-corrected chi connectivity index (χ0v) is 18.2. The van der Waals surface area contributed by atoms with Gasteiger partial charge < -0.3 is 9.73 Å². The molecule has 1 fully saturated rings. The maximum absolute atomic E-state index is 12.5. The van der Waals surface area contributed by atoms with Crippen molar-refractivity contribution in [2.24, 2.45) is 0 Å². The summed E-state index contributed by atoms with van der Waals surface area (Å²) in [6.45, 7) is 0. The topological polar surface area (TPSA) is 107 Å². The molecule has 3 aromatic rings. The molecule has 1 amide bonds. The van der Waals surface area contributed by atoms with Crippen molar-refractivity contribution in [1.29, 1.82) is 0 Å². The minimum Gasteiger partial charge on any atom is -0.441 e. The van der Waals surface area contributed by atoms with Gasteiger partial charge in [-0.25, -0.2) is 13.4 Å². The van der Waals surface area contributed by atoms with Gasteiger partial charge in [0.2, 0.25) is 5.91 Å². The third kappa shape index (κ3) is 5.22. The van der Waals surface area contributed by atoms with Gasteiger partial charge in [-0.15, -0.1) is 0 Å². The van der Waals surface area contributed by atoms with Gasteiger partial charge in [0.15, 0.2) is 21.5 Å². The smallest absolute Gasteiger partial charge is 0.220 e. The van der Waals surface area contributed by atoms with E-state index >= 15 is 0 Å². The molecule has 4 rings (SSSR count). The van der Waals surface area contributed by atoms with Crippen LogP contribution >= 0.6 is 0 Å². The fraction of sp³-hybridized carbons (Fsp3) is 0.409. The van der Waals surface area contributed by atoms with Crippen LogP contribution in [-0.2, 0) is 21.1 Å². The highest BCUT2D eigenvalue weighted by atomic mass is 32.2. The first-order valence-corrected chi connectivity index (χ1v) is 12.3. The molecule has 0 saturated heterocycles. The Morgan fingerprint density at radius 1 is 1.23 bits per heavy atom. The van der Waals surface area contributed by atoms with Crippen molar-refractivity contribution >= 4 is 15.7 Å². The van der Waals surface area contributed by atoms with Crippen molar-refractivity contribution in [1.82, 2.24) is 20.1 Å². The molecule has 1 aliphatic rings. The molecule has 2 atom stereocenters. The number of oxazole rings is 1. The van der Waals surface area contributed by atoms with Gasteiger partial charge in [-0.05, 0) is 43.2 Å². The van der Waals surface area contributed by atoms with Crippen LogP contribution in [0.25, 0.3) is 11.3 Å². The molecule has 1 aliphatic carbocycles. The van der Waals surface area contributed by atoms with Crippen LogP contribution in [0.1, 0.15) is 44.0 Å². The minimum absolute atomic E-state index is 0.0266. The number of nitrogens with zero attached hydrogens (tertiary/aromatic N) is 3. The highest BCUT2D eigenvalue weighted by Crippen LogP contribution is 2.28. The van der Waals surface area contributed by atoms with Gasteiger partial charge in [0.05, 0.1) is 23.2 Å². The lowest BCUT2D eigenvalue weighted by Gasteiger charge is -2.32. The van der Waals surface area contributed by atoms with Gasteiger partial charge in [-0.3, -0.25) is 9.48 Å². The normalized spacial score (nSPS) is 19.3. The molecule has 0 spiro atoms. The Morgan fingerprint density at radius 2 is 2.00 bits per heavy atom. The van der Waals surface area contributed by atoms with Crippen LogP contribution in [-0.4, -0.2) is 41.4 Å². The van der Waals surface area contributed by atoms with Crippen LogP contribution in [0.15, 0.2) is 58.2 Å². The molecule has 31 heavy (non-hydrogen) atoms. The standard InChI is InChI=1S/C22H26N4O4S/c1-31(28,29)17-9-7-16(8-10-17)20-15-23-22(30-20)12-11-21(27)25-18-5-2-3-6-19(18)26-14-4-13-24-26/h4,7-10,13-15,18-19H,2-3,5-6,11-12H2,1H3,(H,25,27). The number of amides is 1. The number of carbonyl (C=O) groups is 1. The number of hydrogen-bond donors (Lipinski definition) is 1. The lowest BCUT2D eigenvalue weighted by Crippen LogP contribution is -2.43. The molecular weight excluding hydrogens is 416 g/mol. The first kappa shape index (κ1) is 21.3. The molecule has 1 aromatic carbocycles. The van der Waals surface area contributed by atoms with Crippen molar-refractivity contribution in [3.05, 3.63) is 54.8 Å². The lowest BCUT2D eigenvalue weighted by molar-refractivity contribution is -0.122. The van der Waals surface area contributed by atoms with Gasteiger partial charge in [-0.2, -0.15) is 5.10 Å². The van der Waals surface area contributed by atoms with E-state index < -0.39 is 9.84 Å². The quantitative estimate of drug-likeness (QED) is 0.602. The summed E-state index contributed by atoms with van der Waals surface area (Å²) in [5.41, 5.74) is 0.736. The monoisotopic (exact) mass is 442 g/mol. The van der Waals surface area contributed by atoms with E-state index in [2.05, 4.69) is 15.4 Å². The fourth-order valence-corrected chi connectivity index (χ4v) is 4.63. The Labute approximate surface area is 181 Å². The summed E-state index contributed by atoms with van der Waals surface area (Å²) in [7, 11) is -3.24. The molecule has 1 saturated carbocycles. The SMILES string of the molecule is CS(=O)(=O)c1ccc(-c2cnc(CCC(=O)NC3CCCCC3n3cccn3)o2)cc1. The molecule has 8 nitrogen and oxygen atoms in total. The second-order valence-electron chi connectivity index (χ2n) is 7.93. The van der Waals surface area contributed by atoms with Crippen LogP contribution < -0.4 is 5.32 Å². The number of rotatable bonds is 7. The minimum atomic E-state index is -3.24. The predicted octanol–water partition coefficient (Wildman–Crippen LogP) is 3.17. The Hall–Kier alpha value is -2.94. The summed E-state index contributed by atoms with van der Waals surface area (Å²) in [6.07, 6.45) is 11.4. The van der Waals surface area contributed by atoms with E-state index in [-0.39, 0.29) is 29.3 Å². The number of carbonyl (C=O) groups excluding carboxylic acids is 1. The largest absolute Gasteiger partial charge is 0.441 e. The number of sulfone groups is 1. The molecule has 9 heteroatoms. The Kier molecular flexibility index (Phi) is 6.22. The third-order valence-electron chi connectivity index (χ3n) is 5.63. The van der Waals surface area contributed by atoms with Crippen molar-refractivity contribution in [3.8, 4) is 11.3 Å². The molecule has 164 valence electrons. The average molecular weight is 443 g/mol. The maximum atomic E-state index is 12.5. The number of aryl methyl sites for hydroxylation is 1. The van der Waals surface area contributed by atoms with E-state index in [9.17, 15) is 13.2 Å². The van der Waals surface area contributed by atoms with Crippen molar-refractivity contribution in [2.75, 3.05) is 6.26 Å². The lowest BCUT2D eigenvalue weighted by atomic mass is 9.90. The van der Waals surface area contributed by atoms with Gasteiger partial charge >= 0.3 is 0 Å². The molecule has 0 aliphatic heterocycles. The van der Waals surface area contributed by atoms with Crippen LogP contribution in [0.3, 0.4) is 0 Å². The summed E-state index contributed by atoms with van der Waals surface area (Å²) in [4.78, 5) is 17.1. The fourth-order valence-electron chi connectivity index (χ4n) is 4.00. The zero-order valence-electron chi connectivity index (χ0n) is 17.4. The summed E-state index contributed by atoms with van der Waals surface area (Å²) < 4.78 is 30.9. The summed E-state index contributed by atoms with van der Waals surface area (Å²) in [6, 6.07) is 8.63. The average Bonchev–Trinajstić information content (AvgIpc) is 3.45. The highest BCUT2D eigenvalue weighted by molar-refractivity contribution is 7.90. The first-order valence-electron chi connectivity index (χ1n) is 10.4. The zero-order chi connectivity index (χ0) is 21.8. The van der Waals surface area contributed by atoms with Crippen LogP contribution in [0.2, 0.25) is 0 Å². The Balaban J connectivity index is 1.33. The van der Waals surface area contributed by atoms with Gasteiger partial charge in [-0.1, -0.05) is 12.8 Å². The van der Waals surface area contributed by atoms with E-state index in [1.165, 1.54) is 6.26 Å². The van der Waals surface area contributed by atoms with Gasteiger partial charge in [0, 0.05) is 37.1 Å². The van der Waals surface area contributed by atoms with Gasteiger partial charge in [0.25, 0.3) is 0 Å². The van der Waals surface area contributed by atoms with E-state index in [4.69, 9.17) is 4.42 Å². The molecule has 2 unspecified atom stereocenters. The number of hydrogen-bond acceptors (Lipinski definition) is 6. The molecule has 2 aromatic heterocycles. The van der Waals surface area contributed by atoms with E-state index in [0.717, 1.165) is 31.2 Å². The summed E-state index contributed by atoms with van der Waals surface area (Å²) in [5, 5.41) is 7.51. The van der Waals surface area contributed by atoms with Crippen LogP contribution in [0, 0.1) is 0 Å². The molecule has 0 radical (unpaired) electrons. The third-order valence-corrected chi connectivity index (χ3v) is 6.76. The predicted molar refractivity (Wildman–Crippen MR) is 115 cm³/mol. The van der Waals surface area contributed by atoms with Crippen molar-refractivity contribution in [3.63, 3.8) is 0 Å². The van der Waals surface area contributed by atoms with E-state index in [0.29, 0.717) is 18.1 Å². The molecule has 1 N–H and O–H groups in total. The first-order chi connectivity index (χ1) is 14.9. The second-order valence-corrected chi connectivity index (χ2v) is 9.94. The van der Waals surface area contributed by atoms with Crippen LogP contribution in [0.5, 0.6) is 0 Å². The molecular formula is C22H26N4O4S. The summed E-state index contributed by atoms with van der Waals surface area (Å²) >= 11 is 0. The Bertz CT molecular complexity index is 1120. The molecule has 0 bridgehead atoms. The van der Waals surface area contributed by atoms with Crippen molar-refractivity contribution in [2.45, 2.75) is 55.5 Å². The van der Waals surface area contributed by atoms with Crippen LogP contribution in [0.4, 0.5) is 0 Å². The highest BCUT2D eigenvalue weighted by Gasteiger charge is 2.28. The number of benzene rings is 1. The van der Waals surface area contributed by atoms with Gasteiger partial charge in [0.1, 0.15) is 0 Å². The second kappa shape index (κ2) is 9.05. The van der Waals surface area contributed by atoms with E-state index in [1.807, 2.05) is 16.9 Å². The van der Waals surface area contributed by atoms with E-state index in [1.54, 1.807) is 36.7 Å². The number of nitrogens with one attached hydrogen (secondary N) is 1. The van der Waals surface area contributed by atoms with Crippen molar-refractivity contribution < 1.29 is 17.6 Å². The summed E-state index contributed by atoms with van der Waals surface area (Å²) in [5.74, 6) is 0.993. The maximum Gasteiger partial charge on any atom is 0.220 e.